The van der Waals surface area contributed by atoms with Crippen LogP contribution in [0.3, 0.4) is 0 Å². The first-order valence-electron chi connectivity index (χ1n) is 8.32. The molecule has 5 nitrogen and oxygen atoms in total. The molecule has 1 fully saturated rings. The van der Waals surface area contributed by atoms with Crippen LogP contribution in [-0.2, 0) is 13.1 Å². The molecule has 128 valence electrons. The number of piperidine rings is 1. The van der Waals surface area contributed by atoms with Crippen LogP contribution in [0, 0.1) is 0 Å². The van der Waals surface area contributed by atoms with Crippen molar-refractivity contribution in [1.29, 1.82) is 0 Å². The number of carbonyl (C=O) groups excluding carboxylic acids is 1. The number of rotatable bonds is 6. The minimum Gasteiger partial charge on any atom is -0.497 e. The van der Waals surface area contributed by atoms with Crippen LogP contribution >= 0.6 is 11.3 Å². The van der Waals surface area contributed by atoms with Gasteiger partial charge in [0.1, 0.15) is 10.8 Å². The molecule has 0 spiro atoms. The summed E-state index contributed by atoms with van der Waals surface area (Å²) in [6, 6.07) is 7.15. The van der Waals surface area contributed by atoms with Gasteiger partial charge in [0, 0.05) is 17.5 Å². The molecule has 0 aliphatic carbocycles. The van der Waals surface area contributed by atoms with Gasteiger partial charge in [-0.3, -0.25) is 9.69 Å². The maximum absolute atomic E-state index is 12.2. The fourth-order valence-electron chi connectivity index (χ4n) is 2.87. The molecule has 1 saturated heterocycles. The quantitative estimate of drug-likeness (QED) is 0.874. The largest absolute Gasteiger partial charge is 0.497 e. The minimum absolute atomic E-state index is 0.110. The lowest BCUT2D eigenvalue weighted by atomic mass is 10.1. The Hall–Kier alpha value is -1.92. The van der Waals surface area contributed by atoms with Crippen molar-refractivity contribution in [3.63, 3.8) is 0 Å². The molecule has 1 aromatic heterocycles. The van der Waals surface area contributed by atoms with Crippen LogP contribution in [0.25, 0.3) is 0 Å². The number of methoxy groups -OCH3 is 1. The maximum Gasteiger partial charge on any atom is 0.251 e. The third-order valence-electron chi connectivity index (χ3n) is 4.17. The van der Waals surface area contributed by atoms with Crippen molar-refractivity contribution in [2.24, 2.45) is 0 Å². The molecule has 0 radical (unpaired) electrons. The molecular weight excluding hydrogens is 322 g/mol. The summed E-state index contributed by atoms with van der Waals surface area (Å²) in [5.41, 5.74) is 1.70. The lowest BCUT2D eigenvalue weighted by molar-refractivity contribution is 0.0950. The Labute approximate surface area is 146 Å². The second-order valence-electron chi connectivity index (χ2n) is 5.98. The molecule has 2 aromatic rings. The highest BCUT2D eigenvalue weighted by atomic mass is 32.1. The number of hydrogen-bond acceptors (Lipinski definition) is 5. The van der Waals surface area contributed by atoms with Crippen molar-refractivity contribution >= 4 is 17.2 Å². The van der Waals surface area contributed by atoms with Crippen LogP contribution in [0.4, 0.5) is 0 Å². The topological polar surface area (TPSA) is 54.5 Å². The van der Waals surface area contributed by atoms with Gasteiger partial charge in [0.2, 0.25) is 0 Å². The number of ether oxygens (including phenoxy) is 1. The SMILES string of the molecule is COc1cccc(C(=O)NCc2nc(CN3CCCCC3)cs2)c1. The van der Waals surface area contributed by atoms with Gasteiger partial charge in [-0.15, -0.1) is 11.3 Å². The summed E-state index contributed by atoms with van der Waals surface area (Å²) in [4.78, 5) is 19.3. The Morgan fingerprint density at radius 3 is 2.96 bits per heavy atom. The molecule has 1 aliphatic rings. The Kier molecular flexibility index (Phi) is 5.82. The van der Waals surface area contributed by atoms with E-state index in [9.17, 15) is 4.79 Å². The number of likely N-dealkylation sites (tertiary alicyclic amines) is 1. The summed E-state index contributed by atoms with van der Waals surface area (Å²) in [7, 11) is 1.59. The zero-order valence-corrected chi connectivity index (χ0v) is 14.8. The van der Waals surface area contributed by atoms with E-state index in [1.165, 1.54) is 32.4 Å². The van der Waals surface area contributed by atoms with Crippen LogP contribution in [0.5, 0.6) is 5.75 Å². The van der Waals surface area contributed by atoms with Crippen molar-refractivity contribution in [3.8, 4) is 5.75 Å². The Morgan fingerprint density at radius 2 is 2.17 bits per heavy atom. The van der Waals surface area contributed by atoms with Crippen molar-refractivity contribution in [2.45, 2.75) is 32.4 Å². The molecule has 1 aromatic carbocycles. The van der Waals surface area contributed by atoms with E-state index in [0.29, 0.717) is 17.9 Å². The van der Waals surface area contributed by atoms with Gasteiger partial charge in [0.25, 0.3) is 5.91 Å². The molecule has 6 heteroatoms. The molecular formula is C18H23N3O2S. The first-order chi connectivity index (χ1) is 11.7. The van der Waals surface area contributed by atoms with E-state index >= 15 is 0 Å². The second-order valence-corrected chi connectivity index (χ2v) is 6.93. The van der Waals surface area contributed by atoms with Crippen molar-refractivity contribution in [3.05, 3.63) is 45.9 Å². The summed E-state index contributed by atoms with van der Waals surface area (Å²) in [5, 5.41) is 5.97. The van der Waals surface area contributed by atoms with Gasteiger partial charge in [-0.2, -0.15) is 0 Å². The molecule has 1 aliphatic heterocycles. The molecule has 0 saturated carbocycles. The number of amides is 1. The first-order valence-corrected chi connectivity index (χ1v) is 9.20. The van der Waals surface area contributed by atoms with E-state index in [4.69, 9.17) is 4.74 Å². The van der Waals surface area contributed by atoms with Gasteiger partial charge in [0.15, 0.2) is 0 Å². The Balaban J connectivity index is 1.52. The highest BCUT2D eigenvalue weighted by Crippen LogP contribution is 2.16. The third-order valence-corrected chi connectivity index (χ3v) is 5.06. The summed E-state index contributed by atoms with van der Waals surface area (Å²) >= 11 is 1.61. The number of nitrogens with one attached hydrogen (secondary N) is 1. The molecule has 0 unspecified atom stereocenters. The number of aromatic nitrogens is 1. The van der Waals surface area contributed by atoms with E-state index in [1.807, 2.05) is 12.1 Å². The normalized spacial score (nSPS) is 15.2. The number of nitrogens with zero attached hydrogens (tertiary/aromatic N) is 2. The van der Waals surface area contributed by atoms with Crippen LogP contribution in [0.2, 0.25) is 0 Å². The maximum atomic E-state index is 12.2. The van der Waals surface area contributed by atoms with E-state index in [-0.39, 0.29) is 5.91 Å². The number of carbonyl (C=O) groups is 1. The van der Waals surface area contributed by atoms with Gasteiger partial charge >= 0.3 is 0 Å². The zero-order chi connectivity index (χ0) is 16.8. The molecule has 24 heavy (non-hydrogen) atoms. The van der Waals surface area contributed by atoms with E-state index < -0.39 is 0 Å². The van der Waals surface area contributed by atoms with Crippen LogP contribution < -0.4 is 10.1 Å². The lowest BCUT2D eigenvalue weighted by Crippen LogP contribution is -2.29. The predicted molar refractivity (Wildman–Crippen MR) is 95.4 cm³/mol. The van der Waals surface area contributed by atoms with Crippen molar-refractivity contribution in [2.75, 3.05) is 20.2 Å². The second kappa shape index (κ2) is 8.26. The van der Waals surface area contributed by atoms with Crippen molar-refractivity contribution in [1.82, 2.24) is 15.2 Å². The fourth-order valence-corrected chi connectivity index (χ4v) is 3.60. The van der Waals surface area contributed by atoms with Gasteiger partial charge in [0.05, 0.1) is 19.3 Å². The summed E-state index contributed by atoms with van der Waals surface area (Å²) in [6.07, 6.45) is 3.91. The number of benzene rings is 1. The lowest BCUT2D eigenvalue weighted by Gasteiger charge is -2.25. The molecule has 1 amide bonds. The number of thiazole rings is 1. The highest BCUT2D eigenvalue weighted by molar-refractivity contribution is 7.09. The van der Waals surface area contributed by atoms with Crippen LogP contribution in [-0.4, -0.2) is 36.0 Å². The van der Waals surface area contributed by atoms with E-state index in [1.54, 1.807) is 30.6 Å². The average molecular weight is 345 g/mol. The molecule has 1 N–H and O–H groups in total. The predicted octanol–water partition coefficient (Wildman–Crippen LogP) is 3.07. The number of hydrogen-bond donors (Lipinski definition) is 1. The van der Waals surface area contributed by atoms with Crippen LogP contribution in [0.15, 0.2) is 29.6 Å². The summed E-state index contributed by atoms with van der Waals surface area (Å²) in [6.45, 7) is 3.71. The zero-order valence-electron chi connectivity index (χ0n) is 14.0. The summed E-state index contributed by atoms with van der Waals surface area (Å²) < 4.78 is 5.15. The molecule has 0 atom stereocenters. The average Bonchev–Trinajstić information content (AvgIpc) is 3.08. The Morgan fingerprint density at radius 1 is 1.33 bits per heavy atom. The van der Waals surface area contributed by atoms with Gasteiger partial charge in [-0.05, 0) is 44.1 Å². The molecule has 0 bridgehead atoms. The minimum atomic E-state index is -0.110. The smallest absolute Gasteiger partial charge is 0.251 e. The fraction of sp³-hybridized carbons (Fsp3) is 0.444. The molecule has 3 rings (SSSR count). The third kappa shape index (κ3) is 4.55. The monoisotopic (exact) mass is 345 g/mol. The van der Waals surface area contributed by atoms with Gasteiger partial charge in [-0.1, -0.05) is 12.5 Å². The Bertz CT molecular complexity index is 680. The molecule has 2 heterocycles. The van der Waals surface area contributed by atoms with Gasteiger partial charge in [-0.25, -0.2) is 4.98 Å². The first kappa shape index (κ1) is 16.9. The van der Waals surface area contributed by atoms with Crippen LogP contribution in [0.1, 0.15) is 40.3 Å². The summed E-state index contributed by atoms with van der Waals surface area (Å²) in [5.74, 6) is 0.572. The standard InChI is InChI=1S/C18H23N3O2S/c1-23-16-7-5-6-14(10-16)18(22)19-11-17-20-15(13-24-17)12-21-8-3-2-4-9-21/h5-7,10,13H,2-4,8-9,11-12H2,1H3,(H,19,22). The van der Waals surface area contributed by atoms with Gasteiger partial charge < -0.3 is 10.1 Å². The van der Waals surface area contributed by atoms with E-state index in [2.05, 4.69) is 20.6 Å². The highest BCUT2D eigenvalue weighted by Gasteiger charge is 2.13. The van der Waals surface area contributed by atoms with E-state index in [0.717, 1.165) is 17.2 Å². The van der Waals surface area contributed by atoms with Crippen molar-refractivity contribution < 1.29 is 9.53 Å².